The number of amides is 1. The number of hydrogen-bond donors (Lipinski definition) is 2. The van der Waals surface area contributed by atoms with Gasteiger partial charge in [0.2, 0.25) is 5.88 Å². The zero-order chi connectivity index (χ0) is 21.0. The van der Waals surface area contributed by atoms with Gasteiger partial charge >= 0.3 is 5.97 Å². The van der Waals surface area contributed by atoms with Gasteiger partial charge in [-0.15, -0.1) is 0 Å². The van der Waals surface area contributed by atoms with Crippen LogP contribution in [0.15, 0.2) is 60.8 Å². The molecule has 0 aliphatic carbocycles. The quantitative estimate of drug-likeness (QED) is 0.645. The van der Waals surface area contributed by atoms with Gasteiger partial charge in [-0.2, -0.15) is 0 Å². The maximum atomic E-state index is 13.7. The fourth-order valence-electron chi connectivity index (χ4n) is 2.56. The highest BCUT2D eigenvalue weighted by atomic mass is 19.1. The summed E-state index contributed by atoms with van der Waals surface area (Å²) >= 11 is 0. The van der Waals surface area contributed by atoms with E-state index < -0.39 is 29.6 Å². The highest BCUT2D eigenvalue weighted by molar-refractivity contribution is 5.96. The Balaban J connectivity index is 1.79. The molecule has 0 aliphatic rings. The smallest absolute Gasteiger partial charge is 0.335 e. The molecule has 3 rings (SSSR count). The Morgan fingerprint density at radius 1 is 1.03 bits per heavy atom. The standard InChI is InChI=1S/C21H16F2N2O4/c1-12(13-2-4-14(5-3-13)21(27)28)25-19(26)18-10-16(23)11-24-20(18)29-17-8-6-15(22)7-9-17/h2-12H,1H3,(H,25,26)(H,27,28). The maximum Gasteiger partial charge on any atom is 0.335 e. The molecule has 0 saturated carbocycles. The molecule has 0 spiro atoms. The molecule has 3 aromatic rings. The molecule has 1 atom stereocenters. The molecular weight excluding hydrogens is 382 g/mol. The van der Waals surface area contributed by atoms with Crippen molar-refractivity contribution in [3.63, 3.8) is 0 Å². The van der Waals surface area contributed by atoms with Crippen molar-refractivity contribution in [2.75, 3.05) is 0 Å². The van der Waals surface area contributed by atoms with Crippen molar-refractivity contribution in [1.29, 1.82) is 0 Å². The lowest BCUT2D eigenvalue weighted by Gasteiger charge is -2.16. The highest BCUT2D eigenvalue weighted by Gasteiger charge is 2.19. The van der Waals surface area contributed by atoms with Crippen molar-refractivity contribution in [3.05, 3.63) is 89.1 Å². The van der Waals surface area contributed by atoms with Crippen LogP contribution in [0.5, 0.6) is 11.6 Å². The Bertz CT molecular complexity index is 1040. The molecule has 1 unspecified atom stereocenters. The lowest BCUT2D eigenvalue weighted by Crippen LogP contribution is -2.27. The van der Waals surface area contributed by atoms with Crippen LogP contribution in [0.1, 0.15) is 39.2 Å². The lowest BCUT2D eigenvalue weighted by molar-refractivity contribution is 0.0696. The molecule has 1 heterocycles. The number of carboxylic acids is 1. The van der Waals surface area contributed by atoms with Gasteiger partial charge in [-0.1, -0.05) is 12.1 Å². The summed E-state index contributed by atoms with van der Waals surface area (Å²) in [6.45, 7) is 1.70. The molecule has 0 bridgehead atoms. The van der Waals surface area contributed by atoms with Crippen molar-refractivity contribution in [2.24, 2.45) is 0 Å². The summed E-state index contributed by atoms with van der Waals surface area (Å²) in [5.41, 5.74) is 0.647. The molecule has 29 heavy (non-hydrogen) atoms. The van der Waals surface area contributed by atoms with Crippen molar-refractivity contribution in [3.8, 4) is 11.6 Å². The summed E-state index contributed by atoms with van der Waals surface area (Å²) in [5.74, 6) is -2.77. The second kappa shape index (κ2) is 8.47. The number of carboxylic acid groups (broad SMARTS) is 1. The fourth-order valence-corrected chi connectivity index (χ4v) is 2.56. The molecule has 1 aromatic heterocycles. The first-order valence-corrected chi connectivity index (χ1v) is 8.56. The lowest BCUT2D eigenvalue weighted by atomic mass is 10.1. The fraction of sp³-hybridized carbons (Fsp3) is 0.0952. The minimum atomic E-state index is -1.05. The van der Waals surface area contributed by atoms with Gasteiger partial charge in [-0.25, -0.2) is 18.6 Å². The molecule has 2 N–H and O–H groups in total. The van der Waals surface area contributed by atoms with Crippen LogP contribution in [-0.2, 0) is 0 Å². The zero-order valence-corrected chi connectivity index (χ0v) is 15.2. The van der Waals surface area contributed by atoms with Crippen LogP contribution < -0.4 is 10.1 Å². The SMILES string of the molecule is CC(NC(=O)c1cc(F)cnc1Oc1ccc(F)cc1)c1ccc(C(=O)O)cc1. The maximum absolute atomic E-state index is 13.7. The van der Waals surface area contributed by atoms with E-state index in [4.69, 9.17) is 9.84 Å². The van der Waals surface area contributed by atoms with Crippen molar-refractivity contribution in [1.82, 2.24) is 10.3 Å². The molecule has 148 valence electrons. The van der Waals surface area contributed by atoms with Gasteiger partial charge < -0.3 is 15.2 Å². The van der Waals surface area contributed by atoms with Crippen LogP contribution in [0.3, 0.4) is 0 Å². The zero-order valence-electron chi connectivity index (χ0n) is 15.2. The van der Waals surface area contributed by atoms with Gasteiger partial charge in [0.15, 0.2) is 0 Å². The van der Waals surface area contributed by atoms with Gasteiger partial charge in [0.25, 0.3) is 5.91 Å². The number of ether oxygens (including phenoxy) is 1. The number of rotatable bonds is 6. The van der Waals surface area contributed by atoms with Crippen molar-refractivity contribution < 1.29 is 28.2 Å². The Labute approximate surface area is 164 Å². The van der Waals surface area contributed by atoms with E-state index in [1.54, 1.807) is 19.1 Å². The topological polar surface area (TPSA) is 88.5 Å². The molecule has 0 radical (unpaired) electrons. The summed E-state index contributed by atoms with van der Waals surface area (Å²) in [4.78, 5) is 27.4. The molecule has 2 aromatic carbocycles. The monoisotopic (exact) mass is 398 g/mol. The number of hydrogen-bond acceptors (Lipinski definition) is 4. The van der Waals surface area contributed by atoms with E-state index >= 15 is 0 Å². The minimum absolute atomic E-state index is 0.122. The van der Waals surface area contributed by atoms with Crippen LogP contribution in [-0.4, -0.2) is 22.0 Å². The van der Waals surface area contributed by atoms with E-state index in [9.17, 15) is 18.4 Å². The van der Waals surface area contributed by atoms with Crippen molar-refractivity contribution in [2.45, 2.75) is 13.0 Å². The first kappa shape index (κ1) is 19.9. The second-order valence-corrected chi connectivity index (χ2v) is 6.18. The summed E-state index contributed by atoms with van der Waals surface area (Å²) in [6, 6.07) is 11.6. The Kier molecular flexibility index (Phi) is 5.82. The summed E-state index contributed by atoms with van der Waals surface area (Å²) in [5, 5.41) is 11.6. The number of halogens is 2. The van der Waals surface area contributed by atoms with Crippen molar-refractivity contribution >= 4 is 11.9 Å². The Hall–Kier alpha value is -3.81. The largest absolute Gasteiger partial charge is 0.478 e. The van der Waals surface area contributed by atoms with Crippen LogP contribution in [0, 0.1) is 11.6 Å². The van der Waals surface area contributed by atoms with Crippen LogP contribution in [0.2, 0.25) is 0 Å². The molecular formula is C21H16F2N2O4. The van der Waals surface area contributed by atoms with Crippen LogP contribution in [0.4, 0.5) is 8.78 Å². The second-order valence-electron chi connectivity index (χ2n) is 6.18. The van der Waals surface area contributed by atoms with E-state index in [1.807, 2.05) is 0 Å². The summed E-state index contributed by atoms with van der Waals surface area (Å²) in [6.07, 6.45) is 0.906. The van der Waals surface area contributed by atoms with Gasteiger partial charge in [-0.3, -0.25) is 4.79 Å². The van der Waals surface area contributed by atoms with E-state index in [2.05, 4.69) is 10.3 Å². The van der Waals surface area contributed by atoms with Gasteiger partial charge in [0.1, 0.15) is 22.9 Å². The molecule has 0 saturated heterocycles. The van der Waals surface area contributed by atoms with Crippen LogP contribution >= 0.6 is 0 Å². The van der Waals surface area contributed by atoms with Gasteiger partial charge in [-0.05, 0) is 55.0 Å². The third-order valence-electron chi connectivity index (χ3n) is 4.10. The molecule has 0 fully saturated rings. The highest BCUT2D eigenvalue weighted by Crippen LogP contribution is 2.25. The average molecular weight is 398 g/mol. The van der Waals surface area contributed by atoms with Gasteiger partial charge in [0.05, 0.1) is 17.8 Å². The predicted octanol–water partition coefficient (Wildman–Crippen LogP) is 4.34. The van der Waals surface area contributed by atoms with Gasteiger partial charge in [0, 0.05) is 0 Å². The predicted molar refractivity (Wildman–Crippen MR) is 100.0 cm³/mol. The number of carbonyl (C=O) groups is 2. The minimum Gasteiger partial charge on any atom is -0.478 e. The molecule has 6 nitrogen and oxygen atoms in total. The third-order valence-corrected chi connectivity index (χ3v) is 4.10. The molecule has 0 aliphatic heterocycles. The number of nitrogens with zero attached hydrogens (tertiary/aromatic N) is 1. The Morgan fingerprint density at radius 3 is 2.31 bits per heavy atom. The number of benzene rings is 2. The number of aromatic nitrogens is 1. The number of aromatic carboxylic acids is 1. The average Bonchev–Trinajstić information content (AvgIpc) is 2.71. The molecule has 1 amide bonds. The molecule has 8 heteroatoms. The third kappa shape index (κ3) is 4.92. The Morgan fingerprint density at radius 2 is 1.69 bits per heavy atom. The summed E-state index contributed by atoms with van der Waals surface area (Å²) < 4.78 is 32.2. The van der Waals surface area contributed by atoms with Crippen LogP contribution in [0.25, 0.3) is 0 Å². The van der Waals surface area contributed by atoms with E-state index in [-0.39, 0.29) is 22.8 Å². The number of pyridine rings is 1. The first-order chi connectivity index (χ1) is 13.8. The van der Waals surface area contributed by atoms with E-state index in [0.717, 1.165) is 12.3 Å². The van der Waals surface area contributed by atoms with E-state index in [1.165, 1.54) is 36.4 Å². The summed E-state index contributed by atoms with van der Waals surface area (Å²) in [7, 11) is 0. The number of nitrogens with one attached hydrogen (secondary N) is 1. The first-order valence-electron chi connectivity index (χ1n) is 8.56. The normalized spacial score (nSPS) is 11.6. The van der Waals surface area contributed by atoms with E-state index in [0.29, 0.717) is 5.56 Å². The number of carbonyl (C=O) groups excluding carboxylic acids is 1.